The van der Waals surface area contributed by atoms with E-state index in [1.807, 2.05) is 6.92 Å². The van der Waals surface area contributed by atoms with Crippen LogP contribution in [-0.2, 0) is 20.8 Å². The van der Waals surface area contributed by atoms with Crippen LogP contribution in [0.2, 0.25) is 5.02 Å². The standard InChI is InChI=1S/C30H33ClN4O6/c1-3-4-15-35(27(36)19-32-30(40)33-23-11-7-9-21(16-23)17-29(38)39)25-13-5-6-14-26(25)41-20-28(37)34(2)24-12-8-10-22(31)18-24/h5-14,16,18H,3-4,15,17,19-20H2,1-2H3,(H,38,39)(H2,32,33,40). The first kappa shape index (κ1) is 31.0. The van der Waals surface area contributed by atoms with Crippen LogP contribution in [-0.4, -0.2) is 55.7 Å². The number of benzene rings is 3. The van der Waals surface area contributed by atoms with Crippen LogP contribution in [0.25, 0.3) is 0 Å². The van der Waals surface area contributed by atoms with Crippen molar-refractivity contribution >= 4 is 52.5 Å². The van der Waals surface area contributed by atoms with Gasteiger partial charge in [-0.1, -0.05) is 55.3 Å². The maximum atomic E-state index is 13.3. The molecule has 3 aromatic rings. The number of urea groups is 1. The third kappa shape index (κ3) is 9.54. The minimum Gasteiger partial charge on any atom is -0.482 e. The van der Waals surface area contributed by atoms with Gasteiger partial charge in [-0.05, 0) is 54.4 Å². The molecule has 0 atom stereocenters. The van der Waals surface area contributed by atoms with Crippen LogP contribution in [0.3, 0.4) is 0 Å². The van der Waals surface area contributed by atoms with Gasteiger partial charge >= 0.3 is 12.0 Å². The highest BCUT2D eigenvalue weighted by atomic mass is 35.5. The van der Waals surface area contributed by atoms with Crippen molar-refractivity contribution in [3.05, 3.63) is 83.4 Å². The van der Waals surface area contributed by atoms with Gasteiger partial charge < -0.3 is 30.3 Å². The number of halogens is 1. The minimum absolute atomic E-state index is 0.175. The average molecular weight is 581 g/mol. The Balaban J connectivity index is 1.66. The second-order valence-corrected chi connectivity index (χ2v) is 9.60. The fourth-order valence-electron chi connectivity index (χ4n) is 3.92. The second-order valence-electron chi connectivity index (χ2n) is 9.17. The Hall–Kier alpha value is -4.57. The molecule has 10 nitrogen and oxygen atoms in total. The molecular formula is C30H33ClN4O6. The first-order valence-electron chi connectivity index (χ1n) is 13.1. The van der Waals surface area contributed by atoms with Crippen molar-refractivity contribution in [1.29, 1.82) is 0 Å². The van der Waals surface area contributed by atoms with Crippen LogP contribution < -0.4 is 25.2 Å². The Morgan fingerprint density at radius 2 is 1.71 bits per heavy atom. The number of carbonyl (C=O) groups is 4. The third-order valence-corrected chi connectivity index (χ3v) is 6.29. The van der Waals surface area contributed by atoms with Crippen LogP contribution in [0, 0.1) is 0 Å². The summed E-state index contributed by atoms with van der Waals surface area (Å²) in [7, 11) is 1.62. The topological polar surface area (TPSA) is 128 Å². The Bertz CT molecular complexity index is 1380. The maximum Gasteiger partial charge on any atom is 0.319 e. The first-order chi connectivity index (χ1) is 19.7. The molecule has 216 valence electrons. The lowest BCUT2D eigenvalue weighted by atomic mass is 10.1. The van der Waals surface area contributed by atoms with Gasteiger partial charge in [-0.25, -0.2) is 4.79 Å². The number of aliphatic carboxylic acids is 1. The summed E-state index contributed by atoms with van der Waals surface area (Å²) in [4.78, 5) is 52.5. The summed E-state index contributed by atoms with van der Waals surface area (Å²) in [5.41, 5.74) is 2.04. The second kappa shape index (κ2) is 15.3. The molecule has 0 aromatic heterocycles. The number of carboxylic acid groups (broad SMARTS) is 1. The largest absolute Gasteiger partial charge is 0.482 e. The zero-order valence-corrected chi connectivity index (χ0v) is 23.7. The Morgan fingerprint density at radius 3 is 2.44 bits per heavy atom. The highest BCUT2D eigenvalue weighted by molar-refractivity contribution is 6.30. The van der Waals surface area contributed by atoms with E-state index in [1.54, 1.807) is 79.8 Å². The van der Waals surface area contributed by atoms with Crippen LogP contribution in [0.5, 0.6) is 5.75 Å². The number of hydrogen-bond donors (Lipinski definition) is 3. The number of rotatable bonds is 13. The Morgan fingerprint density at radius 1 is 0.951 bits per heavy atom. The van der Waals surface area contributed by atoms with Gasteiger partial charge in [0.05, 0.1) is 18.7 Å². The van der Waals surface area contributed by atoms with Gasteiger partial charge in [0.1, 0.15) is 5.75 Å². The van der Waals surface area contributed by atoms with Gasteiger partial charge in [0.2, 0.25) is 5.91 Å². The number of ether oxygens (including phenoxy) is 1. The molecule has 0 fully saturated rings. The average Bonchev–Trinajstić information content (AvgIpc) is 2.95. The Labute approximate surface area is 243 Å². The van der Waals surface area contributed by atoms with Gasteiger partial charge in [0, 0.05) is 30.0 Å². The van der Waals surface area contributed by atoms with Gasteiger partial charge in [-0.3, -0.25) is 14.4 Å². The van der Waals surface area contributed by atoms with Crippen molar-refractivity contribution < 1.29 is 29.0 Å². The number of amides is 4. The number of hydrogen-bond acceptors (Lipinski definition) is 5. The molecule has 0 aliphatic heterocycles. The van der Waals surface area contributed by atoms with E-state index in [0.717, 1.165) is 6.42 Å². The van der Waals surface area contributed by atoms with Crippen LogP contribution in [0.4, 0.5) is 21.9 Å². The molecule has 0 radical (unpaired) electrons. The van der Waals surface area contributed by atoms with Crippen molar-refractivity contribution in [2.24, 2.45) is 0 Å². The summed E-state index contributed by atoms with van der Waals surface area (Å²) in [5.74, 6) is -1.30. The van der Waals surface area contributed by atoms with Gasteiger partial charge in [0.15, 0.2) is 6.61 Å². The molecule has 4 amide bonds. The number of nitrogens with one attached hydrogen (secondary N) is 2. The van der Waals surface area contributed by atoms with Crippen molar-refractivity contribution in [2.75, 3.05) is 41.9 Å². The van der Waals surface area contributed by atoms with E-state index in [2.05, 4.69) is 10.6 Å². The Kier molecular flexibility index (Phi) is 11.5. The van der Waals surface area contributed by atoms with Crippen molar-refractivity contribution in [3.63, 3.8) is 0 Å². The summed E-state index contributed by atoms with van der Waals surface area (Å²) in [5, 5.41) is 14.7. The molecule has 3 rings (SSSR count). The molecule has 0 aliphatic carbocycles. The number of nitrogens with zero attached hydrogens (tertiary/aromatic N) is 2. The molecule has 0 saturated carbocycles. The molecule has 0 spiro atoms. The van der Waals surface area contributed by atoms with E-state index in [9.17, 15) is 19.2 Å². The molecule has 3 N–H and O–H groups in total. The zero-order valence-electron chi connectivity index (χ0n) is 22.9. The number of unbranched alkanes of at least 4 members (excludes halogenated alkanes) is 1. The summed E-state index contributed by atoms with van der Waals surface area (Å²) in [6.07, 6.45) is 1.36. The van der Waals surface area contributed by atoms with Crippen LogP contribution >= 0.6 is 11.6 Å². The fourth-order valence-corrected chi connectivity index (χ4v) is 4.11. The van der Waals surface area contributed by atoms with Crippen molar-refractivity contribution in [2.45, 2.75) is 26.2 Å². The molecule has 11 heteroatoms. The summed E-state index contributed by atoms with van der Waals surface area (Å²) in [6.45, 7) is 1.82. The SMILES string of the molecule is CCCCN(C(=O)CNC(=O)Nc1cccc(CC(=O)O)c1)c1ccccc1OCC(=O)N(C)c1cccc(Cl)c1. The highest BCUT2D eigenvalue weighted by Gasteiger charge is 2.21. The van der Waals surface area contributed by atoms with Gasteiger partial charge in [0.25, 0.3) is 5.91 Å². The van der Waals surface area contributed by atoms with E-state index in [-0.39, 0.29) is 31.4 Å². The lowest BCUT2D eigenvalue weighted by Crippen LogP contribution is -2.42. The monoisotopic (exact) mass is 580 g/mol. The van der Waals surface area contributed by atoms with E-state index >= 15 is 0 Å². The minimum atomic E-state index is -0.980. The summed E-state index contributed by atoms with van der Waals surface area (Å²) in [6, 6.07) is 19.7. The smallest absolute Gasteiger partial charge is 0.319 e. The van der Waals surface area contributed by atoms with E-state index < -0.39 is 12.0 Å². The molecule has 0 bridgehead atoms. The summed E-state index contributed by atoms with van der Waals surface area (Å²) >= 11 is 6.05. The van der Waals surface area contributed by atoms with E-state index in [1.165, 1.54) is 9.80 Å². The summed E-state index contributed by atoms with van der Waals surface area (Å²) < 4.78 is 5.87. The molecular weight excluding hydrogens is 548 g/mol. The van der Waals surface area contributed by atoms with E-state index in [0.29, 0.717) is 46.4 Å². The quantitative estimate of drug-likeness (QED) is 0.262. The molecule has 41 heavy (non-hydrogen) atoms. The van der Waals surface area contributed by atoms with Crippen molar-refractivity contribution in [3.8, 4) is 5.75 Å². The third-order valence-electron chi connectivity index (χ3n) is 6.05. The van der Waals surface area contributed by atoms with Crippen LogP contribution in [0.15, 0.2) is 72.8 Å². The number of para-hydroxylation sites is 2. The van der Waals surface area contributed by atoms with Gasteiger partial charge in [-0.15, -0.1) is 0 Å². The lowest BCUT2D eigenvalue weighted by Gasteiger charge is -2.25. The molecule has 0 saturated heterocycles. The molecule has 0 unspecified atom stereocenters. The molecule has 0 aliphatic rings. The zero-order chi connectivity index (χ0) is 29.8. The van der Waals surface area contributed by atoms with Crippen molar-refractivity contribution in [1.82, 2.24) is 5.32 Å². The maximum absolute atomic E-state index is 13.3. The number of carboxylic acids is 1. The molecule has 0 heterocycles. The fraction of sp³-hybridized carbons (Fsp3) is 0.267. The first-order valence-corrected chi connectivity index (χ1v) is 13.5. The van der Waals surface area contributed by atoms with Gasteiger partial charge in [-0.2, -0.15) is 0 Å². The number of carbonyl (C=O) groups excluding carboxylic acids is 3. The molecule has 3 aromatic carbocycles. The predicted molar refractivity (Wildman–Crippen MR) is 159 cm³/mol. The van der Waals surface area contributed by atoms with E-state index in [4.69, 9.17) is 21.4 Å². The predicted octanol–water partition coefficient (Wildman–Crippen LogP) is 4.96. The number of anilines is 3. The normalized spacial score (nSPS) is 10.4. The lowest BCUT2D eigenvalue weighted by molar-refractivity contribution is -0.136. The highest BCUT2D eigenvalue weighted by Crippen LogP contribution is 2.29. The number of likely N-dealkylation sites (N-methyl/N-ethyl adjacent to an activating group) is 1. The van der Waals surface area contributed by atoms with Crippen LogP contribution in [0.1, 0.15) is 25.3 Å².